The van der Waals surface area contributed by atoms with Gasteiger partial charge in [-0.3, -0.25) is 0 Å². The van der Waals surface area contributed by atoms with Gasteiger partial charge in [0.15, 0.2) is 0 Å². The number of rotatable bonds is 3. The average Bonchev–Trinajstić information content (AvgIpc) is 2.36. The normalized spacial score (nSPS) is 12.5. The van der Waals surface area contributed by atoms with Crippen LogP contribution in [0.25, 0.3) is 0 Å². The minimum absolute atomic E-state index is 0.286. The van der Waals surface area contributed by atoms with Crippen LogP contribution in [0.3, 0.4) is 0 Å². The van der Waals surface area contributed by atoms with Gasteiger partial charge in [-0.05, 0) is 37.1 Å². The zero-order valence-corrected chi connectivity index (χ0v) is 12.5. The van der Waals surface area contributed by atoms with E-state index in [9.17, 15) is 4.39 Å². The van der Waals surface area contributed by atoms with Gasteiger partial charge in [0, 0.05) is 5.56 Å². The highest BCUT2D eigenvalue weighted by Crippen LogP contribution is 2.30. The van der Waals surface area contributed by atoms with Crippen molar-refractivity contribution in [1.82, 2.24) is 0 Å². The molecular formula is C15H12Cl3F. The second kappa shape index (κ2) is 6.13. The molecule has 0 N–H and O–H groups in total. The summed E-state index contributed by atoms with van der Waals surface area (Å²) < 4.78 is 13.7. The molecule has 0 aliphatic rings. The first kappa shape index (κ1) is 14.6. The monoisotopic (exact) mass is 316 g/mol. The van der Waals surface area contributed by atoms with Crippen molar-refractivity contribution in [2.24, 2.45) is 0 Å². The molecule has 2 aromatic rings. The van der Waals surface area contributed by atoms with Crippen molar-refractivity contribution in [1.29, 1.82) is 0 Å². The lowest BCUT2D eigenvalue weighted by Gasteiger charge is -2.12. The van der Waals surface area contributed by atoms with Crippen LogP contribution >= 0.6 is 34.8 Å². The van der Waals surface area contributed by atoms with Crippen LogP contribution in [0.4, 0.5) is 4.39 Å². The van der Waals surface area contributed by atoms with Crippen LogP contribution in [0.1, 0.15) is 22.1 Å². The summed E-state index contributed by atoms with van der Waals surface area (Å²) in [5.41, 5.74) is 2.42. The largest absolute Gasteiger partial charge is 0.207 e. The first-order chi connectivity index (χ1) is 8.97. The van der Waals surface area contributed by atoms with E-state index in [1.807, 2.05) is 13.0 Å². The van der Waals surface area contributed by atoms with Crippen molar-refractivity contribution in [3.05, 3.63) is 69.0 Å². The third-order valence-corrected chi connectivity index (χ3v) is 4.02. The number of hydrogen-bond acceptors (Lipinski definition) is 0. The molecule has 1 atom stereocenters. The molecule has 0 aliphatic heterocycles. The number of alkyl halides is 1. The number of benzene rings is 2. The molecule has 0 aliphatic carbocycles. The van der Waals surface area contributed by atoms with Gasteiger partial charge in [0.2, 0.25) is 0 Å². The first-order valence-electron chi connectivity index (χ1n) is 5.81. The summed E-state index contributed by atoms with van der Waals surface area (Å²) in [5, 5.41) is 0.545. The summed E-state index contributed by atoms with van der Waals surface area (Å²) in [6, 6.07) is 10.3. The van der Waals surface area contributed by atoms with Gasteiger partial charge in [0.25, 0.3) is 0 Å². The van der Waals surface area contributed by atoms with Crippen LogP contribution in [0.2, 0.25) is 10.0 Å². The molecule has 2 rings (SSSR count). The second-order valence-electron chi connectivity index (χ2n) is 4.45. The van der Waals surface area contributed by atoms with Crippen LogP contribution in [-0.4, -0.2) is 0 Å². The minimum Gasteiger partial charge on any atom is -0.207 e. The lowest BCUT2D eigenvalue weighted by Crippen LogP contribution is -2.00. The van der Waals surface area contributed by atoms with E-state index in [2.05, 4.69) is 0 Å². The van der Waals surface area contributed by atoms with E-state index < -0.39 is 5.38 Å². The van der Waals surface area contributed by atoms with Crippen molar-refractivity contribution in [2.75, 3.05) is 0 Å². The van der Waals surface area contributed by atoms with Crippen molar-refractivity contribution in [2.45, 2.75) is 18.7 Å². The summed E-state index contributed by atoms with van der Waals surface area (Å²) in [6.45, 7) is 1.91. The fraction of sp³-hybridized carbons (Fsp3) is 0.200. The SMILES string of the molecule is Cc1ccc(F)c(C(Cl)Cc2ccc(Cl)c(Cl)c2)c1. The third-order valence-electron chi connectivity index (χ3n) is 2.89. The van der Waals surface area contributed by atoms with Gasteiger partial charge in [0.1, 0.15) is 5.82 Å². The molecule has 0 bridgehead atoms. The molecule has 0 heterocycles. The van der Waals surface area contributed by atoms with E-state index in [-0.39, 0.29) is 5.82 Å². The molecule has 0 saturated heterocycles. The standard InChI is InChI=1S/C15H12Cl3F/c1-9-2-5-15(19)11(6-9)13(17)7-10-3-4-12(16)14(18)8-10/h2-6,8,13H,7H2,1H3. The molecule has 0 saturated carbocycles. The highest BCUT2D eigenvalue weighted by atomic mass is 35.5. The van der Waals surface area contributed by atoms with Gasteiger partial charge >= 0.3 is 0 Å². The van der Waals surface area contributed by atoms with Crippen molar-refractivity contribution in [3.8, 4) is 0 Å². The summed E-state index contributed by atoms with van der Waals surface area (Å²) >= 11 is 18.1. The van der Waals surface area contributed by atoms with E-state index in [0.29, 0.717) is 22.0 Å². The molecule has 1 unspecified atom stereocenters. The molecule has 0 radical (unpaired) electrons. The van der Waals surface area contributed by atoms with Gasteiger partial charge in [-0.25, -0.2) is 4.39 Å². The fourth-order valence-corrected chi connectivity index (χ4v) is 2.55. The van der Waals surface area contributed by atoms with Crippen LogP contribution in [0.15, 0.2) is 36.4 Å². The molecule has 0 fully saturated rings. The second-order valence-corrected chi connectivity index (χ2v) is 5.79. The topological polar surface area (TPSA) is 0 Å². The summed E-state index contributed by atoms with van der Waals surface area (Å²) in [4.78, 5) is 0. The Hall–Kier alpha value is -0.760. The maximum atomic E-state index is 13.7. The van der Waals surface area contributed by atoms with Crippen LogP contribution in [0, 0.1) is 12.7 Å². The Morgan fingerprint density at radius 1 is 1.05 bits per heavy atom. The summed E-state index contributed by atoms with van der Waals surface area (Å²) in [7, 11) is 0. The Labute approximate surface area is 127 Å². The van der Waals surface area contributed by atoms with E-state index in [4.69, 9.17) is 34.8 Å². The summed E-state index contributed by atoms with van der Waals surface area (Å²) in [6.07, 6.45) is 0.499. The zero-order valence-electron chi connectivity index (χ0n) is 10.3. The van der Waals surface area contributed by atoms with Crippen molar-refractivity contribution in [3.63, 3.8) is 0 Å². The number of aryl methyl sites for hydroxylation is 1. The smallest absolute Gasteiger partial charge is 0.127 e. The Morgan fingerprint density at radius 2 is 1.79 bits per heavy atom. The van der Waals surface area contributed by atoms with Gasteiger partial charge in [-0.15, -0.1) is 11.6 Å². The van der Waals surface area contributed by atoms with Crippen molar-refractivity contribution < 1.29 is 4.39 Å². The maximum absolute atomic E-state index is 13.7. The zero-order chi connectivity index (χ0) is 14.0. The highest BCUT2D eigenvalue weighted by molar-refractivity contribution is 6.42. The van der Waals surface area contributed by atoms with Crippen molar-refractivity contribution >= 4 is 34.8 Å². The van der Waals surface area contributed by atoms with Crippen LogP contribution < -0.4 is 0 Å². The average molecular weight is 318 g/mol. The number of halogens is 4. The molecule has 2 aromatic carbocycles. The molecule has 0 spiro atoms. The van der Waals surface area contributed by atoms with Gasteiger partial charge in [-0.1, -0.05) is 47.0 Å². The predicted octanol–water partition coefficient (Wildman–Crippen LogP) is 5.96. The molecule has 0 amide bonds. The molecule has 0 aromatic heterocycles. The lowest BCUT2D eigenvalue weighted by atomic mass is 10.0. The molecular weight excluding hydrogens is 306 g/mol. The van der Waals surface area contributed by atoms with E-state index in [1.165, 1.54) is 6.07 Å². The number of hydrogen-bond donors (Lipinski definition) is 0. The van der Waals surface area contributed by atoms with Gasteiger partial charge < -0.3 is 0 Å². The van der Waals surface area contributed by atoms with Gasteiger partial charge in [0.05, 0.1) is 15.4 Å². The quantitative estimate of drug-likeness (QED) is 0.612. The third kappa shape index (κ3) is 3.62. The maximum Gasteiger partial charge on any atom is 0.127 e. The molecule has 0 nitrogen and oxygen atoms in total. The van der Waals surface area contributed by atoms with E-state index in [1.54, 1.807) is 24.3 Å². The van der Waals surface area contributed by atoms with Crippen LogP contribution in [0.5, 0.6) is 0 Å². The Morgan fingerprint density at radius 3 is 2.47 bits per heavy atom. The van der Waals surface area contributed by atoms with E-state index in [0.717, 1.165) is 11.1 Å². The highest BCUT2D eigenvalue weighted by Gasteiger charge is 2.14. The fourth-order valence-electron chi connectivity index (χ4n) is 1.89. The first-order valence-corrected chi connectivity index (χ1v) is 7.00. The van der Waals surface area contributed by atoms with Gasteiger partial charge in [-0.2, -0.15) is 0 Å². The molecule has 4 heteroatoms. The predicted molar refractivity (Wildman–Crippen MR) is 79.9 cm³/mol. The Kier molecular flexibility index (Phi) is 4.72. The Bertz CT molecular complexity index is 596. The molecule has 19 heavy (non-hydrogen) atoms. The van der Waals surface area contributed by atoms with Crippen LogP contribution in [-0.2, 0) is 6.42 Å². The Balaban J connectivity index is 2.22. The minimum atomic E-state index is -0.433. The molecule has 100 valence electrons. The summed E-state index contributed by atoms with van der Waals surface area (Å²) in [5.74, 6) is -0.286. The lowest BCUT2D eigenvalue weighted by molar-refractivity contribution is 0.605. The van der Waals surface area contributed by atoms with E-state index >= 15 is 0 Å².